The van der Waals surface area contributed by atoms with Gasteiger partial charge in [0.1, 0.15) is 12.0 Å². The summed E-state index contributed by atoms with van der Waals surface area (Å²) in [6.45, 7) is 0. The molecule has 2 N–H and O–H groups in total. The SMILES string of the molecule is O=CC(Cc1ccccc1)NC(=O)C=Cc1ccccc1O. The number of benzene rings is 2. The molecule has 0 heterocycles. The fourth-order valence-corrected chi connectivity index (χ4v) is 2.03. The van der Waals surface area contributed by atoms with Crippen LogP contribution in [0.15, 0.2) is 60.7 Å². The Morgan fingerprint density at radius 3 is 2.45 bits per heavy atom. The predicted molar refractivity (Wildman–Crippen MR) is 85.3 cm³/mol. The van der Waals surface area contributed by atoms with Gasteiger partial charge in [-0.25, -0.2) is 0 Å². The number of nitrogens with one attached hydrogen (secondary N) is 1. The number of amides is 1. The van der Waals surface area contributed by atoms with Crippen molar-refractivity contribution in [1.29, 1.82) is 0 Å². The predicted octanol–water partition coefficient (Wildman–Crippen LogP) is 2.33. The maximum Gasteiger partial charge on any atom is 0.244 e. The number of hydrogen-bond acceptors (Lipinski definition) is 3. The zero-order valence-corrected chi connectivity index (χ0v) is 12.0. The van der Waals surface area contributed by atoms with E-state index in [0.717, 1.165) is 11.8 Å². The van der Waals surface area contributed by atoms with E-state index in [1.807, 2.05) is 30.3 Å². The molecule has 1 amide bonds. The van der Waals surface area contributed by atoms with Gasteiger partial charge in [-0.1, -0.05) is 48.5 Å². The summed E-state index contributed by atoms with van der Waals surface area (Å²) in [5, 5.41) is 12.2. The van der Waals surface area contributed by atoms with Gasteiger partial charge in [0.05, 0.1) is 6.04 Å². The van der Waals surface area contributed by atoms with Crippen LogP contribution in [0.3, 0.4) is 0 Å². The lowest BCUT2D eigenvalue weighted by atomic mass is 10.1. The monoisotopic (exact) mass is 295 g/mol. The standard InChI is InChI=1S/C18H17NO3/c20-13-16(12-14-6-2-1-3-7-14)19-18(22)11-10-15-8-4-5-9-17(15)21/h1-11,13,16,21H,12H2,(H,19,22). The van der Waals surface area contributed by atoms with Crippen LogP contribution in [0.5, 0.6) is 5.75 Å². The number of hydrogen-bond donors (Lipinski definition) is 2. The molecule has 0 aliphatic carbocycles. The molecule has 4 nitrogen and oxygen atoms in total. The highest BCUT2D eigenvalue weighted by Gasteiger charge is 2.10. The minimum Gasteiger partial charge on any atom is -0.507 e. The first kappa shape index (κ1) is 15.5. The normalized spacial score (nSPS) is 12.0. The van der Waals surface area contributed by atoms with Gasteiger partial charge in [-0.15, -0.1) is 0 Å². The van der Waals surface area contributed by atoms with E-state index >= 15 is 0 Å². The Morgan fingerprint density at radius 2 is 1.77 bits per heavy atom. The summed E-state index contributed by atoms with van der Waals surface area (Å²) in [5.41, 5.74) is 1.52. The van der Waals surface area contributed by atoms with E-state index in [4.69, 9.17) is 0 Å². The van der Waals surface area contributed by atoms with Crippen LogP contribution in [0.4, 0.5) is 0 Å². The first-order chi connectivity index (χ1) is 10.7. The zero-order chi connectivity index (χ0) is 15.8. The lowest BCUT2D eigenvalue weighted by Crippen LogP contribution is -2.36. The van der Waals surface area contributed by atoms with Crippen molar-refractivity contribution in [3.8, 4) is 5.75 Å². The number of rotatable bonds is 6. The summed E-state index contributed by atoms with van der Waals surface area (Å²) in [6, 6.07) is 15.6. The number of carbonyl (C=O) groups excluding carboxylic acids is 2. The fraction of sp³-hybridized carbons (Fsp3) is 0.111. The van der Waals surface area contributed by atoms with E-state index in [1.165, 1.54) is 12.2 Å². The number of aromatic hydroxyl groups is 1. The largest absolute Gasteiger partial charge is 0.507 e. The lowest BCUT2D eigenvalue weighted by molar-refractivity contribution is -0.120. The minimum absolute atomic E-state index is 0.0998. The summed E-state index contributed by atoms with van der Waals surface area (Å²) in [5.74, 6) is -0.279. The van der Waals surface area contributed by atoms with Gasteiger partial charge in [0, 0.05) is 11.6 Å². The molecule has 0 spiro atoms. The van der Waals surface area contributed by atoms with Crippen LogP contribution in [0.2, 0.25) is 0 Å². The van der Waals surface area contributed by atoms with Crippen molar-refractivity contribution in [3.05, 3.63) is 71.8 Å². The van der Waals surface area contributed by atoms with Gasteiger partial charge in [0.2, 0.25) is 5.91 Å². The molecule has 2 aromatic rings. The van der Waals surface area contributed by atoms with Crippen LogP contribution < -0.4 is 5.32 Å². The van der Waals surface area contributed by atoms with Gasteiger partial charge in [-0.2, -0.15) is 0 Å². The number of carbonyl (C=O) groups is 2. The average molecular weight is 295 g/mol. The van der Waals surface area contributed by atoms with Gasteiger partial charge < -0.3 is 15.2 Å². The van der Waals surface area contributed by atoms with Crippen molar-refractivity contribution in [2.75, 3.05) is 0 Å². The molecule has 4 heteroatoms. The van der Waals surface area contributed by atoms with E-state index < -0.39 is 6.04 Å². The van der Waals surface area contributed by atoms with E-state index in [1.54, 1.807) is 24.3 Å². The van der Waals surface area contributed by atoms with Crippen LogP contribution in [0.1, 0.15) is 11.1 Å². The highest BCUT2D eigenvalue weighted by molar-refractivity contribution is 5.93. The van der Waals surface area contributed by atoms with E-state index in [-0.39, 0.29) is 11.7 Å². The summed E-state index contributed by atoms with van der Waals surface area (Å²) < 4.78 is 0. The van der Waals surface area contributed by atoms with Gasteiger partial charge >= 0.3 is 0 Å². The average Bonchev–Trinajstić information content (AvgIpc) is 2.54. The second-order valence-corrected chi connectivity index (χ2v) is 4.83. The van der Waals surface area contributed by atoms with Gasteiger partial charge in [-0.05, 0) is 24.1 Å². The summed E-state index contributed by atoms with van der Waals surface area (Å²) in [6.07, 6.45) is 3.98. The first-order valence-corrected chi connectivity index (χ1v) is 6.95. The maximum atomic E-state index is 11.8. The third-order valence-corrected chi connectivity index (χ3v) is 3.14. The van der Waals surface area contributed by atoms with Crippen molar-refractivity contribution in [2.24, 2.45) is 0 Å². The fourth-order valence-electron chi connectivity index (χ4n) is 2.03. The number of phenolic OH excluding ortho intramolecular Hbond substituents is 1. The van der Waals surface area contributed by atoms with E-state index in [2.05, 4.69) is 5.32 Å². The van der Waals surface area contributed by atoms with Gasteiger partial charge in [0.25, 0.3) is 0 Å². The highest BCUT2D eigenvalue weighted by Crippen LogP contribution is 2.16. The van der Waals surface area contributed by atoms with E-state index in [9.17, 15) is 14.7 Å². The Bertz CT molecular complexity index is 665. The molecule has 0 aliphatic rings. The minimum atomic E-state index is -0.580. The van der Waals surface area contributed by atoms with Crippen LogP contribution in [0.25, 0.3) is 6.08 Å². The second kappa shape index (κ2) is 7.78. The van der Waals surface area contributed by atoms with Crippen molar-refractivity contribution in [3.63, 3.8) is 0 Å². The lowest BCUT2D eigenvalue weighted by Gasteiger charge is -2.11. The van der Waals surface area contributed by atoms with Crippen molar-refractivity contribution < 1.29 is 14.7 Å². The molecule has 112 valence electrons. The molecule has 0 fully saturated rings. The zero-order valence-electron chi connectivity index (χ0n) is 12.0. The molecular weight excluding hydrogens is 278 g/mol. The Morgan fingerprint density at radius 1 is 1.09 bits per heavy atom. The molecule has 0 aromatic heterocycles. The summed E-state index contributed by atoms with van der Waals surface area (Å²) >= 11 is 0. The molecule has 0 radical (unpaired) electrons. The third kappa shape index (κ3) is 4.59. The molecule has 0 bridgehead atoms. The molecule has 1 unspecified atom stereocenters. The molecule has 1 atom stereocenters. The van der Waals surface area contributed by atoms with Gasteiger partial charge in [0.15, 0.2) is 0 Å². The molecular formula is C18H17NO3. The number of phenols is 1. The van der Waals surface area contributed by atoms with Crippen LogP contribution in [-0.2, 0) is 16.0 Å². The highest BCUT2D eigenvalue weighted by atomic mass is 16.3. The molecule has 2 aromatic carbocycles. The quantitative estimate of drug-likeness (QED) is 0.635. The van der Waals surface area contributed by atoms with E-state index in [0.29, 0.717) is 12.0 Å². The number of aldehydes is 1. The molecule has 0 aliphatic heterocycles. The summed E-state index contributed by atoms with van der Waals surface area (Å²) in [4.78, 5) is 22.9. The summed E-state index contributed by atoms with van der Waals surface area (Å²) in [7, 11) is 0. The van der Waals surface area contributed by atoms with Crippen LogP contribution >= 0.6 is 0 Å². The smallest absolute Gasteiger partial charge is 0.244 e. The Labute approximate surface area is 129 Å². The van der Waals surface area contributed by atoms with Crippen LogP contribution in [0, 0.1) is 0 Å². The van der Waals surface area contributed by atoms with Crippen molar-refractivity contribution >= 4 is 18.3 Å². The molecule has 2 rings (SSSR count). The first-order valence-electron chi connectivity index (χ1n) is 6.95. The Hall–Kier alpha value is -2.88. The third-order valence-electron chi connectivity index (χ3n) is 3.14. The Kier molecular flexibility index (Phi) is 5.49. The Balaban J connectivity index is 1.95. The van der Waals surface area contributed by atoms with Gasteiger partial charge in [-0.3, -0.25) is 4.79 Å². The van der Waals surface area contributed by atoms with Crippen LogP contribution in [-0.4, -0.2) is 23.3 Å². The topological polar surface area (TPSA) is 66.4 Å². The maximum absolute atomic E-state index is 11.8. The second-order valence-electron chi connectivity index (χ2n) is 4.83. The van der Waals surface area contributed by atoms with Crippen molar-refractivity contribution in [1.82, 2.24) is 5.32 Å². The molecule has 0 saturated heterocycles. The number of para-hydroxylation sites is 1. The molecule has 22 heavy (non-hydrogen) atoms. The van der Waals surface area contributed by atoms with Crippen molar-refractivity contribution in [2.45, 2.75) is 12.5 Å². The molecule has 0 saturated carbocycles.